The molecule has 0 amide bonds. The van der Waals surface area contributed by atoms with Crippen LogP contribution in [0, 0.1) is 0 Å². The van der Waals surface area contributed by atoms with Gasteiger partial charge in [-0.1, -0.05) is 38.0 Å². The quantitative estimate of drug-likeness (QED) is 0.166. The van der Waals surface area contributed by atoms with Crippen molar-refractivity contribution >= 4 is 28.4 Å². The predicted octanol–water partition coefficient (Wildman–Crippen LogP) is 6.54. The van der Waals surface area contributed by atoms with Gasteiger partial charge in [-0.2, -0.15) is 0 Å². The molecule has 0 aliphatic rings. The van der Waals surface area contributed by atoms with Crippen LogP contribution in [0.2, 0.25) is 0 Å². The molecule has 4 rings (SSSR count). The van der Waals surface area contributed by atoms with E-state index >= 15 is 0 Å². The lowest BCUT2D eigenvalue weighted by molar-refractivity contribution is -0.121. The molecule has 4 aromatic rings. The number of hydrogen-bond donors (Lipinski definition) is 1. The van der Waals surface area contributed by atoms with Gasteiger partial charge in [-0.25, -0.2) is 4.79 Å². The zero-order valence-corrected chi connectivity index (χ0v) is 20.7. The number of hydrogen-bond acceptors (Lipinski definition) is 5. The summed E-state index contributed by atoms with van der Waals surface area (Å²) in [5.41, 5.74) is 1.18. The first kappa shape index (κ1) is 25.7. The second-order valence-corrected chi connectivity index (χ2v) is 8.80. The first-order valence-electron chi connectivity index (χ1n) is 12.3. The summed E-state index contributed by atoms with van der Waals surface area (Å²) in [7, 11) is 0. The minimum absolute atomic E-state index is 0.000357. The summed E-state index contributed by atoms with van der Waals surface area (Å²) in [6.07, 6.45) is 4.74. The van der Waals surface area contributed by atoms with E-state index in [9.17, 15) is 19.5 Å². The van der Waals surface area contributed by atoms with Gasteiger partial charge in [-0.05, 0) is 61.0 Å². The fourth-order valence-electron chi connectivity index (χ4n) is 4.08. The van der Waals surface area contributed by atoms with Crippen LogP contribution in [0.25, 0.3) is 10.9 Å². The highest BCUT2D eigenvalue weighted by atomic mass is 16.5. The predicted molar refractivity (Wildman–Crippen MR) is 141 cm³/mol. The van der Waals surface area contributed by atoms with Gasteiger partial charge in [0, 0.05) is 29.1 Å². The number of fused-ring (bicyclic) bond motifs is 1. The molecule has 0 radical (unpaired) electrons. The van der Waals surface area contributed by atoms with Crippen LogP contribution in [0.4, 0.5) is 0 Å². The van der Waals surface area contributed by atoms with E-state index in [0.29, 0.717) is 34.4 Å². The van der Waals surface area contributed by atoms with Gasteiger partial charge in [-0.3, -0.25) is 9.59 Å². The van der Waals surface area contributed by atoms with Crippen molar-refractivity contribution in [2.75, 3.05) is 6.61 Å². The molecular weight excluding hydrogens is 470 g/mol. The van der Waals surface area contributed by atoms with Gasteiger partial charge in [-0.15, -0.1) is 0 Å². The number of rotatable bonds is 13. The maximum atomic E-state index is 12.9. The molecule has 0 spiro atoms. The van der Waals surface area contributed by atoms with Crippen LogP contribution in [0.15, 0.2) is 79.0 Å². The summed E-state index contributed by atoms with van der Waals surface area (Å²) in [5, 5.41) is 9.94. The first-order chi connectivity index (χ1) is 17.9. The largest absolute Gasteiger partial charge is 0.486 e. The molecule has 190 valence electrons. The number of carboxylic acid groups (broad SMARTS) is 1. The summed E-state index contributed by atoms with van der Waals surface area (Å²) in [6, 6.07) is 21.0. The molecule has 1 heterocycles. The standard InChI is InChI=1S/C30H29NO6/c1-2-3-5-10-29(33)27-19-31(28-16-11-21(30(34)35)17-26(27)28)18-22(32)20-36-23-12-14-25(15-13-23)37-24-8-6-4-7-9-24/h4,6-9,11-17,19H,2-3,5,10,18,20H2,1H3,(H,34,35). The highest BCUT2D eigenvalue weighted by Gasteiger charge is 2.18. The van der Waals surface area contributed by atoms with Gasteiger partial charge >= 0.3 is 5.97 Å². The number of benzene rings is 3. The number of carboxylic acids is 1. The van der Waals surface area contributed by atoms with Gasteiger partial charge in [0.15, 0.2) is 11.6 Å². The molecule has 7 nitrogen and oxygen atoms in total. The molecule has 0 atom stereocenters. The maximum absolute atomic E-state index is 12.9. The van der Waals surface area contributed by atoms with Crippen molar-refractivity contribution in [2.24, 2.45) is 0 Å². The third kappa shape index (κ3) is 6.64. The summed E-state index contributed by atoms with van der Waals surface area (Å²) in [6.45, 7) is 1.92. The van der Waals surface area contributed by atoms with Crippen LogP contribution < -0.4 is 9.47 Å². The minimum atomic E-state index is -1.07. The lowest BCUT2D eigenvalue weighted by Crippen LogP contribution is -2.17. The zero-order chi connectivity index (χ0) is 26.2. The van der Waals surface area contributed by atoms with Crippen molar-refractivity contribution in [3.63, 3.8) is 0 Å². The average Bonchev–Trinajstić information content (AvgIpc) is 3.26. The van der Waals surface area contributed by atoms with Gasteiger partial charge < -0.3 is 19.1 Å². The number of carbonyl (C=O) groups is 3. The van der Waals surface area contributed by atoms with Crippen molar-refractivity contribution in [3.05, 3.63) is 90.1 Å². The lowest BCUT2D eigenvalue weighted by Gasteiger charge is -2.09. The minimum Gasteiger partial charge on any atom is -0.486 e. The Bertz CT molecular complexity index is 1390. The van der Waals surface area contributed by atoms with Crippen LogP contribution >= 0.6 is 0 Å². The van der Waals surface area contributed by atoms with Gasteiger partial charge in [0.25, 0.3) is 0 Å². The molecule has 0 aliphatic carbocycles. The molecule has 3 aromatic carbocycles. The molecule has 37 heavy (non-hydrogen) atoms. The Hall–Kier alpha value is -4.39. The molecular formula is C30H29NO6. The fourth-order valence-corrected chi connectivity index (χ4v) is 4.08. The van der Waals surface area contributed by atoms with Crippen molar-refractivity contribution in [3.8, 4) is 17.2 Å². The molecule has 0 bridgehead atoms. The second kappa shape index (κ2) is 12.0. The Morgan fingerprint density at radius 1 is 0.865 bits per heavy atom. The van der Waals surface area contributed by atoms with Crippen molar-refractivity contribution in [2.45, 2.75) is 39.2 Å². The number of carbonyl (C=O) groups excluding carboxylic acids is 2. The van der Waals surface area contributed by atoms with Crippen LogP contribution in [-0.2, 0) is 11.3 Å². The SMILES string of the molecule is CCCCCC(=O)c1cn(CC(=O)COc2ccc(Oc3ccccc3)cc2)c2ccc(C(=O)O)cc12. The Morgan fingerprint density at radius 2 is 1.57 bits per heavy atom. The highest BCUT2D eigenvalue weighted by Crippen LogP contribution is 2.26. The fraction of sp³-hybridized carbons (Fsp3) is 0.233. The van der Waals surface area contributed by atoms with E-state index in [1.165, 1.54) is 12.1 Å². The Balaban J connectivity index is 1.43. The van der Waals surface area contributed by atoms with Crippen molar-refractivity contribution in [1.29, 1.82) is 0 Å². The zero-order valence-electron chi connectivity index (χ0n) is 20.7. The average molecular weight is 500 g/mol. The molecule has 1 aromatic heterocycles. The number of ether oxygens (including phenoxy) is 2. The molecule has 0 saturated heterocycles. The van der Waals surface area contributed by atoms with Crippen LogP contribution in [0.1, 0.15) is 53.3 Å². The van der Waals surface area contributed by atoms with E-state index in [2.05, 4.69) is 6.92 Å². The number of unbranched alkanes of at least 4 members (excludes halogenated alkanes) is 2. The van der Waals surface area contributed by atoms with E-state index < -0.39 is 5.97 Å². The number of ketones is 2. The van der Waals surface area contributed by atoms with Crippen molar-refractivity contribution in [1.82, 2.24) is 4.57 Å². The number of aromatic carboxylic acids is 1. The Kier molecular flexibility index (Phi) is 8.36. The monoisotopic (exact) mass is 499 g/mol. The van der Waals surface area contributed by atoms with E-state index in [1.807, 2.05) is 30.3 Å². The van der Waals surface area contributed by atoms with Crippen LogP contribution in [0.5, 0.6) is 17.2 Å². The third-order valence-electron chi connectivity index (χ3n) is 5.99. The van der Waals surface area contributed by atoms with Crippen LogP contribution in [0.3, 0.4) is 0 Å². The summed E-state index contributed by atoms with van der Waals surface area (Å²) < 4.78 is 13.1. The number of nitrogens with zero attached hydrogens (tertiary/aromatic N) is 1. The molecule has 1 N–H and O–H groups in total. The summed E-state index contributed by atoms with van der Waals surface area (Å²) in [5.74, 6) is 0.604. The molecule has 0 fully saturated rings. The topological polar surface area (TPSA) is 94.8 Å². The maximum Gasteiger partial charge on any atom is 0.335 e. The third-order valence-corrected chi connectivity index (χ3v) is 5.99. The molecule has 0 aliphatic heterocycles. The Labute approximate surface area is 215 Å². The molecule has 0 saturated carbocycles. The van der Waals surface area contributed by atoms with Gasteiger partial charge in [0.05, 0.1) is 12.1 Å². The van der Waals surface area contributed by atoms with Gasteiger partial charge in [0.1, 0.15) is 23.9 Å². The Morgan fingerprint density at radius 3 is 2.27 bits per heavy atom. The van der Waals surface area contributed by atoms with E-state index in [-0.39, 0.29) is 30.3 Å². The highest BCUT2D eigenvalue weighted by molar-refractivity contribution is 6.09. The number of aromatic nitrogens is 1. The van der Waals surface area contributed by atoms with E-state index in [1.54, 1.807) is 41.1 Å². The lowest BCUT2D eigenvalue weighted by atomic mass is 10.0. The normalized spacial score (nSPS) is 10.8. The summed E-state index contributed by atoms with van der Waals surface area (Å²) in [4.78, 5) is 37.1. The smallest absolute Gasteiger partial charge is 0.335 e. The molecule has 0 unspecified atom stereocenters. The number of Topliss-reactive ketones (excluding diaryl/α,β-unsaturated/α-hetero) is 2. The second-order valence-electron chi connectivity index (χ2n) is 8.80. The van der Waals surface area contributed by atoms with Gasteiger partial charge in [0.2, 0.25) is 0 Å². The first-order valence-corrected chi connectivity index (χ1v) is 12.3. The van der Waals surface area contributed by atoms with E-state index in [4.69, 9.17) is 9.47 Å². The van der Waals surface area contributed by atoms with E-state index in [0.717, 1.165) is 25.0 Å². The molecule has 7 heteroatoms. The summed E-state index contributed by atoms with van der Waals surface area (Å²) >= 11 is 0. The van der Waals surface area contributed by atoms with Crippen molar-refractivity contribution < 1.29 is 29.0 Å². The number of para-hydroxylation sites is 1. The van der Waals surface area contributed by atoms with Crippen LogP contribution in [-0.4, -0.2) is 33.8 Å².